The summed E-state index contributed by atoms with van der Waals surface area (Å²) in [4.78, 5) is 47.4. The van der Waals surface area contributed by atoms with Gasteiger partial charge in [-0.05, 0) is 58.3 Å². The number of aliphatic hydroxyl groups is 1. The molecule has 0 amide bonds. The average molecular weight is 522 g/mol. The number of ether oxygens (including phenoxy) is 2. The molecular formula is C30H49O7. The number of esters is 4. The molecule has 7 heteroatoms. The summed E-state index contributed by atoms with van der Waals surface area (Å²) < 4.78 is 9.59. The van der Waals surface area contributed by atoms with Gasteiger partial charge in [-0.2, -0.15) is 0 Å². The van der Waals surface area contributed by atoms with E-state index in [0.717, 1.165) is 77.0 Å². The van der Waals surface area contributed by atoms with Crippen molar-refractivity contribution in [3.8, 4) is 0 Å². The Hall–Kier alpha value is -2.28. The Labute approximate surface area is 224 Å². The Kier molecular flexibility index (Phi) is 21.5. The highest BCUT2D eigenvalue weighted by Gasteiger charge is 2.25. The first-order valence-electron chi connectivity index (χ1n) is 14.0. The summed E-state index contributed by atoms with van der Waals surface area (Å²) in [6.07, 6.45) is 17.7. The van der Waals surface area contributed by atoms with Crippen LogP contribution < -0.4 is 0 Å². The lowest BCUT2D eigenvalue weighted by molar-refractivity contribution is -0.161. The van der Waals surface area contributed by atoms with Crippen molar-refractivity contribution in [1.82, 2.24) is 0 Å². The lowest BCUT2D eigenvalue weighted by Gasteiger charge is -2.21. The minimum Gasteiger partial charge on any atom is -0.393 e. The molecule has 0 aromatic carbocycles. The third kappa shape index (κ3) is 23.8. The van der Waals surface area contributed by atoms with Crippen LogP contribution in [0.2, 0.25) is 0 Å². The van der Waals surface area contributed by atoms with Crippen LogP contribution in [0.3, 0.4) is 0 Å². The highest BCUT2D eigenvalue weighted by Crippen LogP contribution is 2.19. The van der Waals surface area contributed by atoms with Gasteiger partial charge in [0.05, 0.1) is 5.60 Å². The average Bonchev–Trinajstić information content (AvgIpc) is 2.85. The maximum absolute atomic E-state index is 11.9. The quantitative estimate of drug-likeness (QED) is 0.0639. The van der Waals surface area contributed by atoms with Gasteiger partial charge in [0, 0.05) is 25.7 Å². The van der Waals surface area contributed by atoms with Gasteiger partial charge in [-0.15, -0.1) is 13.2 Å². The Morgan fingerprint density at radius 3 is 1.19 bits per heavy atom. The van der Waals surface area contributed by atoms with Crippen LogP contribution in [0.25, 0.3) is 0 Å². The molecule has 37 heavy (non-hydrogen) atoms. The molecule has 0 atom stereocenters. The van der Waals surface area contributed by atoms with Gasteiger partial charge in [0.2, 0.25) is 0 Å². The van der Waals surface area contributed by atoms with Gasteiger partial charge in [-0.1, -0.05) is 63.5 Å². The van der Waals surface area contributed by atoms with E-state index in [2.05, 4.69) is 20.1 Å². The first-order valence-corrected chi connectivity index (χ1v) is 14.0. The van der Waals surface area contributed by atoms with Crippen molar-refractivity contribution >= 4 is 23.9 Å². The van der Waals surface area contributed by atoms with Gasteiger partial charge in [0.25, 0.3) is 0 Å². The van der Waals surface area contributed by atoms with Crippen molar-refractivity contribution in [2.45, 2.75) is 134 Å². The summed E-state index contributed by atoms with van der Waals surface area (Å²) in [5.41, 5.74) is -1.57. The third-order valence-corrected chi connectivity index (χ3v) is 6.12. The van der Waals surface area contributed by atoms with Crippen molar-refractivity contribution in [3.05, 3.63) is 32.2 Å². The number of hydrogen-bond acceptors (Lipinski definition) is 7. The van der Waals surface area contributed by atoms with Crippen molar-refractivity contribution in [2.24, 2.45) is 0 Å². The molecule has 0 aliphatic carbocycles. The SMILES string of the molecule is [CH2]C(O)(CCC(=O)OC(=O)CCCCCCCCC=C)CCC(=O)OC(=O)CCCCCCCCC=C. The molecule has 0 heterocycles. The predicted octanol–water partition coefficient (Wildman–Crippen LogP) is 6.87. The van der Waals surface area contributed by atoms with Crippen molar-refractivity contribution in [3.63, 3.8) is 0 Å². The highest BCUT2D eigenvalue weighted by atomic mass is 16.6. The number of hydrogen-bond donors (Lipinski definition) is 1. The molecule has 0 saturated heterocycles. The molecular weight excluding hydrogens is 472 g/mol. The molecule has 1 radical (unpaired) electrons. The summed E-state index contributed by atoms with van der Waals surface area (Å²) in [6, 6.07) is 0. The third-order valence-electron chi connectivity index (χ3n) is 6.12. The summed E-state index contributed by atoms with van der Waals surface area (Å²) in [7, 11) is 0. The zero-order chi connectivity index (χ0) is 27.8. The molecule has 0 unspecified atom stereocenters. The second-order valence-corrected chi connectivity index (χ2v) is 9.81. The topological polar surface area (TPSA) is 107 Å². The summed E-state index contributed by atoms with van der Waals surface area (Å²) in [5, 5.41) is 10.3. The number of rotatable bonds is 24. The number of carbonyl (C=O) groups is 4. The van der Waals surface area contributed by atoms with Gasteiger partial charge in [-0.25, -0.2) is 0 Å². The molecule has 0 aliphatic heterocycles. The molecule has 211 valence electrons. The van der Waals surface area contributed by atoms with E-state index in [1.807, 2.05) is 12.2 Å². The Morgan fingerprint density at radius 1 is 0.541 bits per heavy atom. The maximum Gasteiger partial charge on any atom is 0.313 e. The monoisotopic (exact) mass is 521 g/mol. The Bertz CT molecular complexity index is 625. The van der Waals surface area contributed by atoms with Crippen LogP contribution in [0.4, 0.5) is 0 Å². The fourth-order valence-electron chi connectivity index (χ4n) is 3.78. The van der Waals surface area contributed by atoms with E-state index in [4.69, 9.17) is 9.47 Å². The summed E-state index contributed by atoms with van der Waals surface area (Å²) in [6.45, 7) is 11.0. The molecule has 0 fully saturated rings. The fourth-order valence-corrected chi connectivity index (χ4v) is 3.78. The molecule has 0 rings (SSSR count). The van der Waals surface area contributed by atoms with E-state index in [-0.39, 0.29) is 38.5 Å². The zero-order valence-electron chi connectivity index (χ0n) is 22.8. The van der Waals surface area contributed by atoms with Crippen LogP contribution in [0.15, 0.2) is 25.3 Å². The van der Waals surface area contributed by atoms with E-state index in [0.29, 0.717) is 12.8 Å². The Morgan fingerprint density at radius 2 is 0.838 bits per heavy atom. The molecule has 0 bridgehead atoms. The minimum atomic E-state index is -1.57. The van der Waals surface area contributed by atoms with Crippen LogP contribution in [0.1, 0.15) is 128 Å². The van der Waals surface area contributed by atoms with Crippen LogP contribution in [-0.2, 0) is 28.7 Å². The van der Waals surface area contributed by atoms with Crippen LogP contribution in [-0.4, -0.2) is 34.6 Å². The normalized spacial score (nSPS) is 11.1. The molecule has 0 aromatic heterocycles. The van der Waals surface area contributed by atoms with Gasteiger partial charge in [-0.3, -0.25) is 19.2 Å². The Balaban J connectivity index is 3.88. The van der Waals surface area contributed by atoms with Crippen molar-refractivity contribution < 1.29 is 33.8 Å². The lowest BCUT2D eigenvalue weighted by atomic mass is 9.94. The van der Waals surface area contributed by atoms with Gasteiger partial charge in [0.1, 0.15) is 0 Å². The maximum atomic E-state index is 11.9. The molecule has 1 N–H and O–H groups in total. The minimum absolute atomic E-state index is 0.0716. The van der Waals surface area contributed by atoms with E-state index in [9.17, 15) is 24.3 Å². The largest absolute Gasteiger partial charge is 0.393 e. The van der Waals surface area contributed by atoms with Crippen LogP contribution in [0, 0.1) is 6.92 Å². The number of unbranched alkanes of at least 4 members (excludes halogenated alkanes) is 12. The predicted molar refractivity (Wildman–Crippen MR) is 145 cm³/mol. The van der Waals surface area contributed by atoms with Gasteiger partial charge in [0.15, 0.2) is 0 Å². The standard InChI is InChI=1S/C30H49O7/c1-4-6-8-10-12-14-16-18-20-26(31)36-28(33)22-24-30(3,35)25-23-29(34)37-27(32)21-19-17-15-13-11-9-7-5-2/h4-5,35H,1-3,6-25H2. The van der Waals surface area contributed by atoms with Crippen molar-refractivity contribution in [1.29, 1.82) is 0 Å². The molecule has 0 aliphatic rings. The first-order chi connectivity index (χ1) is 17.7. The zero-order valence-corrected chi connectivity index (χ0v) is 22.8. The summed E-state index contributed by atoms with van der Waals surface area (Å²) in [5.74, 6) is -2.59. The smallest absolute Gasteiger partial charge is 0.313 e. The van der Waals surface area contributed by atoms with Crippen LogP contribution in [0.5, 0.6) is 0 Å². The molecule has 0 aromatic rings. The molecule has 7 nitrogen and oxygen atoms in total. The van der Waals surface area contributed by atoms with E-state index in [1.54, 1.807) is 0 Å². The first kappa shape index (κ1) is 34.7. The second-order valence-electron chi connectivity index (χ2n) is 9.81. The fraction of sp³-hybridized carbons (Fsp3) is 0.700. The van der Waals surface area contributed by atoms with Crippen molar-refractivity contribution in [2.75, 3.05) is 0 Å². The van der Waals surface area contributed by atoms with Gasteiger partial charge < -0.3 is 14.6 Å². The summed E-state index contributed by atoms with van der Waals surface area (Å²) >= 11 is 0. The van der Waals surface area contributed by atoms with E-state index < -0.39 is 29.5 Å². The van der Waals surface area contributed by atoms with E-state index in [1.165, 1.54) is 0 Å². The molecule has 0 spiro atoms. The second kappa shape index (κ2) is 22.9. The lowest BCUT2D eigenvalue weighted by Crippen LogP contribution is -2.28. The number of allylic oxidation sites excluding steroid dienone is 2. The molecule has 0 saturated carbocycles. The van der Waals surface area contributed by atoms with E-state index >= 15 is 0 Å². The highest BCUT2D eigenvalue weighted by molar-refractivity contribution is 5.86. The number of carbonyl (C=O) groups excluding carboxylic acids is 4. The van der Waals surface area contributed by atoms with Crippen LogP contribution >= 0.6 is 0 Å². The van der Waals surface area contributed by atoms with Gasteiger partial charge >= 0.3 is 23.9 Å².